The van der Waals surface area contributed by atoms with Gasteiger partial charge < -0.3 is 23.7 Å². The van der Waals surface area contributed by atoms with Crippen LogP contribution in [0.25, 0.3) is 0 Å². The van der Waals surface area contributed by atoms with Gasteiger partial charge in [0.25, 0.3) is 0 Å². The van der Waals surface area contributed by atoms with E-state index in [0.29, 0.717) is 59.1 Å². The van der Waals surface area contributed by atoms with E-state index in [0.717, 1.165) is 12.8 Å². The lowest BCUT2D eigenvalue weighted by atomic mass is 10.1. The number of esters is 1. The molecule has 0 aliphatic heterocycles. The van der Waals surface area contributed by atoms with Gasteiger partial charge in [-0.05, 0) is 26.2 Å². The quantitative estimate of drug-likeness (QED) is 0.280. The van der Waals surface area contributed by atoms with Crippen LogP contribution in [-0.2, 0) is 28.5 Å². The zero-order chi connectivity index (χ0) is 17.9. The Morgan fingerprint density at radius 3 is 2.00 bits per heavy atom. The highest BCUT2D eigenvalue weighted by Gasteiger charge is 2.08. The summed E-state index contributed by atoms with van der Waals surface area (Å²) in [6.45, 7) is 8.03. The Morgan fingerprint density at radius 2 is 1.42 bits per heavy atom. The van der Waals surface area contributed by atoms with E-state index >= 15 is 0 Å². The second-order valence-electron chi connectivity index (χ2n) is 5.73. The molecule has 0 aromatic carbocycles. The molecule has 144 valence electrons. The first-order valence-electron chi connectivity index (χ1n) is 9.12. The summed E-state index contributed by atoms with van der Waals surface area (Å²) in [5.74, 6) is -0.132. The monoisotopic (exact) mass is 348 g/mol. The highest BCUT2D eigenvalue weighted by atomic mass is 16.6. The lowest BCUT2D eigenvalue weighted by molar-refractivity contribution is -0.149. The fourth-order valence-corrected chi connectivity index (χ4v) is 2.03. The number of hydrogen-bond donors (Lipinski definition) is 0. The molecule has 0 rings (SSSR count). The van der Waals surface area contributed by atoms with Crippen LogP contribution in [0, 0.1) is 0 Å². The van der Waals surface area contributed by atoms with E-state index in [1.165, 1.54) is 12.8 Å². The van der Waals surface area contributed by atoms with E-state index in [9.17, 15) is 4.79 Å². The van der Waals surface area contributed by atoms with E-state index in [-0.39, 0.29) is 12.1 Å². The van der Waals surface area contributed by atoms with Crippen LogP contribution in [0.3, 0.4) is 0 Å². The molecule has 0 saturated carbocycles. The molecule has 0 bridgehead atoms. The molecule has 0 saturated heterocycles. The van der Waals surface area contributed by atoms with E-state index in [1.807, 2.05) is 6.92 Å². The molecule has 0 radical (unpaired) electrons. The second-order valence-corrected chi connectivity index (χ2v) is 5.73. The normalized spacial score (nSPS) is 12.3. The Balaban J connectivity index is 3.24. The van der Waals surface area contributed by atoms with Gasteiger partial charge >= 0.3 is 5.97 Å². The van der Waals surface area contributed by atoms with Gasteiger partial charge in [-0.3, -0.25) is 4.79 Å². The standard InChI is InChI=1S/C18H36O6/c1-4-5-6-8-17(2)24-18(19)9-7-10-21-13-14-23-16-15-22-12-11-20-3/h17H,4-16H2,1-3H3. The fourth-order valence-electron chi connectivity index (χ4n) is 2.03. The minimum absolute atomic E-state index is 0.0180. The molecule has 0 fully saturated rings. The summed E-state index contributed by atoms with van der Waals surface area (Å²) in [4.78, 5) is 11.6. The molecule has 0 spiro atoms. The molecule has 0 aromatic rings. The van der Waals surface area contributed by atoms with Gasteiger partial charge in [-0.2, -0.15) is 0 Å². The van der Waals surface area contributed by atoms with E-state index in [2.05, 4.69) is 6.92 Å². The van der Waals surface area contributed by atoms with Crippen LogP contribution in [0.2, 0.25) is 0 Å². The lowest BCUT2D eigenvalue weighted by Crippen LogP contribution is -2.15. The third-order valence-corrected chi connectivity index (χ3v) is 3.39. The molecule has 0 aromatic heterocycles. The predicted octanol–water partition coefficient (Wildman–Crippen LogP) is 2.97. The second kappa shape index (κ2) is 18.6. The molecular weight excluding hydrogens is 312 g/mol. The summed E-state index contributed by atoms with van der Waals surface area (Å²) in [6.07, 6.45) is 5.55. The molecule has 24 heavy (non-hydrogen) atoms. The first kappa shape index (κ1) is 23.3. The van der Waals surface area contributed by atoms with Crippen LogP contribution in [0.15, 0.2) is 0 Å². The SMILES string of the molecule is CCCCCC(C)OC(=O)CCCOCCOCCOCCOC. The first-order valence-corrected chi connectivity index (χ1v) is 9.12. The third-order valence-electron chi connectivity index (χ3n) is 3.39. The fraction of sp³-hybridized carbons (Fsp3) is 0.944. The average Bonchev–Trinajstić information content (AvgIpc) is 2.56. The van der Waals surface area contributed by atoms with Gasteiger partial charge in [0.2, 0.25) is 0 Å². The Bertz CT molecular complexity index is 272. The maximum Gasteiger partial charge on any atom is 0.306 e. The van der Waals surface area contributed by atoms with E-state index in [4.69, 9.17) is 23.7 Å². The smallest absolute Gasteiger partial charge is 0.306 e. The van der Waals surface area contributed by atoms with Crippen molar-refractivity contribution in [1.29, 1.82) is 0 Å². The topological polar surface area (TPSA) is 63.2 Å². The maximum absolute atomic E-state index is 11.6. The van der Waals surface area contributed by atoms with Crippen molar-refractivity contribution >= 4 is 5.97 Å². The molecule has 0 aliphatic rings. The van der Waals surface area contributed by atoms with Gasteiger partial charge in [0.05, 0.1) is 45.7 Å². The predicted molar refractivity (Wildman–Crippen MR) is 93.3 cm³/mol. The van der Waals surface area contributed by atoms with Gasteiger partial charge in [0.1, 0.15) is 0 Å². The van der Waals surface area contributed by atoms with Crippen LogP contribution in [0.1, 0.15) is 52.4 Å². The Labute approximate surface area is 147 Å². The molecule has 0 N–H and O–H groups in total. The Morgan fingerprint density at radius 1 is 0.833 bits per heavy atom. The van der Waals surface area contributed by atoms with Crippen molar-refractivity contribution in [2.45, 2.75) is 58.5 Å². The van der Waals surface area contributed by atoms with Gasteiger partial charge in [0.15, 0.2) is 0 Å². The summed E-state index contributed by atoms with van der Waals surface area (Å²) in [5.41, 5.74) is 0. The van der Waals surface area contributed by atoms with Crippen molar-refractivity contribution in [3.63, 3.8) is 0 Å². The maximum atomic E-state index is 11.6. The number of carbonyl (C=O) groups is 1. The number of carbonyl (C=O) groups excluding carboxylic acids is 1. The molecule has 0 heterocycles. The number of hydrogen-bond acceptors (Lipinski definition) is 6. The molecule has 1 atom stereocenters. The van der Waals surface area contributed by atoms with Gasteiger partial charge in [-0.1, -0.05) is 19.8 Å². The van der Waals surface area contributed by atoms with Crippen LogP contribution < -0.4 is 0 Å². The molecule has 0 amide bonds. The van der Waals surface area contributed by atoms with Crippen molar-refractivity contribution in [2.75, 3.05) is 53.4 Å². The van der Waals surface area contributed by atoms with Crippen molar-refractivity contribution in [2.24, 2.45) is 0 Å². The molecule has 6 nitrogen and oxygen atoms in total. The third kappa shape index (κ3) is 17.7. The highest BCUT2D eigenvalue weighted by molar-refractivity contribution is 5.69. The summed E-state index contributed by atoms with van der Waals surface area (Å²) >= 11 is 0. The van der Waals surface area contributed by atoms with Gasteiger partial charge in [-0.25, -0.2) is 0 Å². The number of unbranched alkanes of at least 4 members (excludes halogenated alkanes) is 2. The van der Waals surface area contributed by atoms with Crippen LogP contribution in [0.5, 0.6) is 0 Å². The van der Waals surface area contributed by atoms with Crippen molar-refractivity contribution in [3.8, 4) is 0 Å². The first-order chi connectivity index (χ1) is 11.7. The Kier molecular flexibility index (Phi) is 18.1. The van der Waals surface area contributed by atoms with Crippen molar-refractivity contribution in [3.05, 3.63) is 0 Å². The largest absolute Gasteiger partial charge is 0.463 e. The van der Waals surface area contributed by atoms with Crippen molar-refractivity contribution in [1.82, 2.24) is 0 Å². The molecular formula is C18H36O6. The van der Waals surface area contributed by atoms with Crippen molar-refractivity contribution < 1.29 is 28.5 Å². The average molecular weight is 348 g/mol. The zero-order valence-corrected chi connectivity index (χ0v) is 15.7. The van der Waals surface area contributed by atoms with Crippen LogP contribution in [0.4, 0.5) is 0 Å². The minimum atomic E-state index is -0.132. The summed E-state index contributed by atoms with van der Waals surface area (Å²) in [5, 5.41) is 0. The molecule has 1 unspecified atom stereocenters. The number of methoxy groups -OCH3 is 1. The summed E-state index contributed by atoms with van der Waals surface area (Å²) < 4.78 is 26.3. The Hall–Kier alpha value is -0.690. The number of rotatable bonds is 18. The number of ether oxygens (including phenoxy) is 5. The lowest BCUT2D eigenvalue weighted by Gasteiger charge is -2.13. The van der Waals surface area contributed by atoms with E-state index < -0.39 is 0 Å². The van der Waals surface area contributed by atoms with Gasteiger partial charge in [-0.15, -0.1) is 0 Å². The van der Waals surface area contributed by atoms with Gasteiger partial charge in [0, 0.05) is 20.1 Å². The molecule has 0 aliphatic carbocycles. The molecule has 6 heteroatoms. The zero-order valence-electron chi connectivity index (χ0n) is 15.7. The minimum Gasteiger partial charge on any atom is -0.463 e. The van der Waals surface area contributed by atoms with Crippen LogP contribution in [-0.4, -0.2) is 65.4 Å². The summed E-state index contributed by atoms with van der Waals surface area (Å²) in [6, 6.07) is 0. The highest BCUT2D eigenvalue weighted by Crippen LogP contribution is 2.07. The van der Waals surface area contributed by atoms with Crippen LogP contribution >= 0.6 is 0 Å². The van der Waals surface area contributed by atoms with E-state index in [1.54, 1.807) is 7.11 Å². The summed E-state index contributed by atoms with van der Waals surface area (Å²) in [7, 11) is 1.64.